The van der Waals surface area contributed by atoms with Crippen molar-refractivity contribution in [1.82, 2.24) is 0 Å². The second-order valence-electron chi connectivity index (χ2n) is 4.35. The molecule has 0 aliphatic carbocycles. The molecule has 0 aliphatic heterocycles. The number of rotatable bonds is 4. The first-order valence-corrected chi connectivity index (χ1v) is 8.07. The number of methoxy groups -OCH3 is 2. The Labute approximate surface area is 145 Å². The van der Waals surface area contributed by atoms with E-state index in [4.69, 9.17) is 26.8 Å². The van der Waals surface area contributed by atoms with E-state index in [1.54, 1.807) is 14.2 Å². The zero-order valence-corrected chi connectivity index (χ0v) is 15.4. The Morgan fingerprint density at radius 3 is 2.38 bits per heavy atom. The first-order valence-electron chi connectivity index (χ1n) is 6.10. The fourth-order valence-electron chi connectivity index (χ4n) is 2.08. The van der Waals surface area contributed by atoms with Gasteiger partial charge in [0, 0.05) is 15.1 Å². The number of halogens is 3. The van der Waals surface area contributed by atoms with Gasteiger partial charge in [0.25, 0.3) is 0 Å². The van der Waals surface area contributed by atoms with Crippen molar-refractivity contribution in [3.63, 3.8) is 0 Å². The van der Waals surface area contributed by atoms with Crippen LogP contribution in [0.2, 0.25) is 5.02 Å². The van der Waals surface area contributed by atoms with Crippen LogP contribution in [0.1, 0.15) is 17.2 Å². The average Bonchev–Trinajstić information content (AvgIpc) is 2.48. The summed E-state index contributed by atoms with van der Waals surface area (Å²) in [5.74, 6) is 1.33. The molecule has 0 amide bonds. The van der Waals surface area contributed by atoms with Crippen LogP contribution in [-0.2, 0) is 0 Å². The van der Waals surface area contributed by atoms with Gasteiger partial charge in [-0.2, -0.15) is 0 Å². The Balaban J connectivity index is 2.55. The fourth-order valence-corrected chi connectivity index (χ4v) is 3.44. The van der Waals surface area contributed by atoms with Gasteiger partial charge in [-0.05, 0) is 51.8 Å². The van der Waals surface area contributed by atoms with Crippen molar-refractivity contribution in [2.24, 2.45) is 5.73 Å². The third-order valence-corrected chi connectivity index (χ3v) is 4.85. The van der Waals surface area contributed by atoms with E-state index in [0.29, 0.717) is 16.5 Å². The van der Waals surface area contributed by atoms with Crippen molar-refractivity contribution in [3.8, 4) is 11.5 Å². The number of hydrogen-bond donors (Lipinski definition) is 1. The molecule has 0 bridgehead atoms. The highest BCUT2D eigenvalue weighted by molar-refractivity contribution is 9.11. The van der Waals surface area contributed by atoms with Crippen LogP contribution in [0, 0.1) is 0 Å². The summed E-state index contributed by atoms with van der Waals surface area (Å²) in [6.45, 7) is 0. The van der Waals surface area contributed by atoms with Gasteiger partial charge in [0.2, 0.25) is 0 Å². The van der Waals surface area contributed by atoms with E-state index < -0.39 is 0 Å². The molecule has 0 aromatic heterocycles. The van der Waals surface area contributed by atoms with Gasteiger partial charge in [0.15, 0.2) is 0 Å². The predicted molar refractivity (Wildman–Crippen MR) is 92.4 cm³/mol. The summed E-state index contributed by atoms with van der Waals surface area (Å²) in [5, 5.41) is 0.634. The predicted octanol–water partition coefficient (Wildman–Crippen LogP) is 4.93. The van der Waals surface area contributed by atoms with Crippen LogP contribution in [-0.4, -0.2) is 14.2 Å². The summed E-state index contributed by atoms with van der Waals surface area (Å²) in [6.07, 6.45) is 0. The van der Waals surface area contributed by atoms with E-state index in [0.717, 1.165) is 20.1 Å². The Morgan fingerprint density at radius 1 is 1.05 bits per heavy atom. The summed E-state index contributed by atoms with van der Waals surface area (Å²) in [6, 6.07) is 8.88. The maximum absolute atomic E-state index is 6.39. The topological polar surface area (TPSA) is 44.5 Å². The van der Waals surface area contributed by atoms with Crippen molar-refractivity contribution in [2.75, 3.05) is 14.2 Å². The Kier molecular flexibility index (Phi) is 5.54. The highest BCUT2D eigenvalue weighted by Gasteiger charge is 2.20. The summed E-state index contributed by atoms with van der Waals surface area (Å²) in [5.41, 5.74) is 8.12. The van der Waals surface area contributed by atoms with Gasteiger partial charge < -0.3 is 15.2 Å². The summed E-state index contributed by atoms with van der Waals surface area (Å²) < 4.78 is 12.4. The highest BCUT2D eigenvalue weighted by Crippen LogP contribution is 2.41. The maximum atomic E-state index is 6.39. The van der Waals surface area contributed by atoms with Gasteiger partial charge in [-0.25, -0.2) is 0 Å². The molecule has 0 saturated heterocycles. The molecule has 112 valence electrons. The molecule has 1 atom stereocenters. The van der Waals surface area contributed by atoms with Crippen LogP contribution in [0.3, 0.4) is 0 Å². The third kappa shape index (κ3) is 3.37. The first kappa shape index (κ1) is 16.6. The molecule has 0 aliphatic rings. The van der Waals surface area contributed by atoms with Gasteiger partial charge in [0.05, 0.1) is 20.3 Å². The van der Waals surface area contributed by atoms with E-state index in [1.807, 2.05) is 30.3 Å². The van der Waals surface area contributed by atoms with Crippen LogP contribution < -0.4 is 15.2 Å². The molecule has 2 aromatic carbocycles. The SMILES string of the molecule is COc1ccc(C(N)c2cc(Cl)ccc2Br)c(OC)c1Br. The van der Waals surface area contributed by atoms with E-state index in [2.05, 4.69) is 31.9 Å². The van der Waals surface area contributed by atoms with Crippen molar-refractivity contribution in [3.05, 3.63) is 55.4 Å². The lowest BCUT2D eigenvalue weighted by atomic mass is 9.98. The highest BCUT2D eigenvalue weighted by atomic mass is 79.9. The molecule has 0 heterocycles. The van der Waals surface area contributed by atoms with Crippen LogP contribution in [0.15, 0.2) is 39.3 Å². The molecule has 0 fully saturated rings. The van der Waals surface area contributed by atoms with Gasteiger partial charge in [-0.3, -0.25) is 0 Å². The lowest BCUT2D eigenvalue weighted by molar-refractivity contribution is 0.385. The monoisotopic (exact) mass is 433 g/mol. The van der Waals surface area contributed by atoms with Crippen molar-refractivity contribution >= 4 is 43.5 Å². The lowest BCUT2D eigenvalue weighted by Gasteiger charge is -2.20. The minimum absolute atomic E-state index is 0.379. The Bertz CT molecular complexity index is 664. The molecular formula is C15H14Br2ClNO2. The fraction of sp³-hybridized carbons (Fsp3) is 0.200. The number of benzene rings is 2. The standard InChI is InChI=1S/C15H14Br2ClNO2/c1-20-12-6-4-9(15(21-2)13(12)17)14(19)10-7-8(18)3-5-11(10)16/h3-7,14H,19H2,1-2H3. The zero-order valence-electron chi connectivity index (χ0n) is 11.5. The molecule has 0 spiro atoms. The normalized spacial score (nSPS) is 12.1. The van der Waals surface area contributed by atoms with Gasteiger partial charge >= 0.3 is 0 Å². The second-order valence-corrected chi connectivity index (χ2v) is 6.43. The number of ether oxygens (including phenoxy) is 2. The molecular weight excluding hydrogens is 421 g/mol. The molecule has 21 heavy (non-hydrogen) atoms. The maximum Gasteiger partial charge on any atom is 0.141 e. The first-order chi connectivity index (χ1) is 9.99. The van der Waals surface area contributed by atoms with Crippen LogP contribution in [0.5, 0.6) is 11.5 Å². The van der Waals surface area contributed by atoms with E-state index >= 15 is 0 Å². The van der Waals surface area contributed by atoms with Gasteiger partial charge in [0.1, 0.15) is 16.0 Å². The largest absolute Gasteiger partial charge is 0.495 e. The second kappa shape index (κ2) is 7.01. The van der Waals surface area contributed by atoms with Crippen LogP contribution in [0.25, 0.3) is 0 Å². The molecule has 6 heteroatoms. The molecule has 2 rings (SSSR count). The zero-order chi connectivity index (χ0) is 15.6. The quantitative estimate of drug-likeness (QED) is 0.741. The van der Waals surface area contributed by atoms with E-state index in [9.17, 15) is 0 Å². The average molecular weight is 436 g/mol. The minimum Gasteiger partial charge on any atom is -0.495 e. The molecule has 1 unspecified atom stereocenters. The van der Waals surface area contributed by atoms with E-state index in [-0.39, 0.29) is 6.04 Å². The molecule has 2 aromatic rings. The van der Waals surface area contributed by atoms with Crippen molar-refractivity contribution < 1.29 is 9.47 Å². The van der Waals surface area contributed by atoms with Gasteiger partial charge in [-0.1, -0.05) is 27.5 Å². The summed E-state index contributed by atoms with van der Waals surface area (Å²) in [7, 11) is 3.20. The number of nitrogens with two attached hydrogens (primary N) is 1. The molecule has 2 N–H and O–H groups in total. The summed E-state index contributed by atoms with van der Waals surface area (Å²) in [4.78, 5) is 0. The molecule has 3 nitrogen and oxygen atoms in total. The lowest BCUT2D eigenvalue weighted by Crippen LogP contribution is -2.14. The molecule has 0 saturated carbocycles. The number of hydrogen-bond acceptors (Lipinski definition) is 3. The van der Waals surface area contributed by atoms with Crippen LogP contribution >= 0.6 is 43.5 Å². The van der Waals surface area contributed by atoms with Crippen LogP contribution in [0.4, 0.5) is 0 Å². The smallest absolute Gasteiger partial charge is 0.141 e. The third-order valence-electron chi connectivity index (χ3n) is 3.14. The summed E-state index contributed by atoms with van der Waals surface area (Å²) >= 11 is 13.1. The van der Waals surface area contributed by atoms with Crippen molar-refractivity contribution in [1.29, 1.82) is 0 Å². The molecule has 0 radical (unpaired) electrons. The minimum atomic E-state index is -0.379. The Hall–Kier alpha value is -0.750. The van der Waals surface area contributed by atoms with Gasteiger partial charge in [-0.15, -0.1) is 0 Å². The Morgan fingerprint density at radius 2 is 1.76 bits per heavy atom. The van der Waals surface area contributed by atoms with E-state index in [1.165, 1.54) is 0 Å². The van der Waals surface area contributed by atoms with Crippen molar-refractivity contribution in [2.45, 2.75) is 6.04 Å².